The van der Waals surface area contributed by atoms with E-state index in [9.17, 15) is 19.2 Å². The largest absolute Gasteiger partial charge is 0.493 e. The number of nitrogens with zero attached hydrogens (tertiary/aromatic N) is 1. The Bertz CT molecular complexity index is 1130. The lowest BCUT2D eigenvalue weighted by atomic mass is 10.0. The van der Waals surface area contributed by atoms with Gasteiger partial charge >= 0.3 is 6.03 Å². The number of anilines is 1. The van der Waals surface area contributed by atoms with Gasteiger partial charge in [-0.15, -0.1) is 0 Å². The maximum Gasteiger partial charge on any atom is 0.319 e. The number of urea groups is 1. The zero-order chi connectivity index (χ0) is 22.2. The second-order valence-electron chi connectivity index (χ2n) is 8.10. The van der Waals surface area contributed by atoms with E-state index in [1.54, 1.807) is 18.2 Å². The van der Waals surface area contributed by atoms with Crippen molar-refractivity contribution in [2.45, 2.75) is 37.9 Å². The Balaban J connectivity index is 1.26. The summed E-state index contributed by atoms with van der Waals surface area (Å²) in [4.78, 5) is 50.5. The summed E-state index contributed by atoms with van der Waals surface area (Å²) in [7, 11) is 0. The van der Waals surface area contributed by atoms with Crippen molar-refractivity contribution in [1.82, 2.24) is 15.5 Å². The molecule has 9 nitrogen and oxygen atoms in total. The molecule has 3 N–H and O–H groups in total. The van der Waals surface area contributed by atoms with Crippen molar-refractivity contribution in [3.05, 3.63) is 59.2 Å². The number of amides is 5. The Morgan fingerprint density at radius 1 is 1.09 bits per heavy atom. The summed E-state index contributed by atoms with van der Waals surface area (Å²) < 4.78 is 5.63. The number of benzene rings is 2. The molecule has 164 valence electrons. The predicted octanol–water partition coefficient (Wildman–Crippen LogP) is 2.09. The quantitative estimate of drug-likeness (QED) is 0.640. The van der Waals surface area contributed by atoms with Crippen LogP contribution in [0.1, 0.15) is 46.8 Å². The molecule has 2 aromatic rings. The lowest BCUT2D eigenvalue weighted by molar-refractivity contribution is -0.136. The molecule has 5 amide bonds. The first kappa shape index (κ1) is 20.0. The maximum absolute atomic E-state index is 12.8. The predicted molar refractivity (Wildman–Crippen MR) is 114 cm³/mol. The smallest absolute Gasteiger partial charge is 0.319 e. The standard InChI is InChI=1S/C23H22N4O5/c28-20-8-7-18(21(29)26-20)27-12-13-11-14(5-6-15(13)22(27)30)24-23(31)25-17-9-10-32-19-4-2-1-3-16(17)19/h1-6,11,17-18H,7-10,12H2,(H2,24,25,31)(H,26,28,29)/t17-,18?/m1/s1. The van der Waals surface area contributed by atoms with Crippen LogP contribution < -0.4 is 20.7 Å². The van der Waals surface area contributed by atoms with Crippen LogP contribution in [0.4, 0.5) is 10.5 Å². The molecule has 5 rings (SSSR count). The van der Waals surface area contributed by atoms with Crippen LogP contribution >= 0.6 is 0 Å². The van der Waals surface area contributed by atoms with Crippen LogP contribution in [0, 0.1) is 0 Å². The highest BCUT2D eigenvalue weighted by Gasteiger charge is 2.39. The van der Waals surface area contributed by atoms with E-state index >= 15 is 0 Å². The van der Waals surface area contributed by atoms with Gasteiger partial charge < -0.3 is 20.3 Å². The van der Waals surface area contributed by atoms with E-state index in [1.807, 2.05) is 24.3 Å². The number of imide groups is 1. The van der Waals surface area contributed by atoms with Crippen LogP contribution in [0.15, 0.2) is 42.5 Å². The Morgan fingerprint density at radius 3 is 2.78 bits per heavy atom. The van der Waals surface area contributed by atoms with Crippen molar-refractivity contribution in [2.24, 2.45) is 0 Å². The van der Waals surface area contributed by atoms with Crippen LogP contribution in [0.25, 0.3) is 0 Å². The van der Waals surface area contributed by atoms with Gasteiger partial charge in [0.15, 0.2) is 0 Å². The minimum absolute atomic E-state index is 0.154. The molecule has 0 radical (unpaired) electrons. The summed E-state index contributed by atoms with van der Waals surface area (Å²) in [6, 6.07) is 11.5. The summed E-state index contributed by atoms with van der Waals surface area (Å²) >= 11 is 0. The molecule has 1 fully saturated rings. The molecule has 32 heavy (non-hydrogen) atoms. The number of piperidine rings is 1. The van der Waals surface area contributed by atoms with Gasteiger partial charge in [0.05, 0.1) is 12.6 Å². The lowest BCUT2D eigenvalue weighted by Crippen LogP contribution is -2.52. The van der Waals surface area contributed by atoms with E-state index in [4.69, 9.17) is 4.74 Å². The van der Waals surface area contributed by atoms with Gasteiger partial charge in [0.2, 0.25) is 11.8 Å². The molecule has 2 atom stereocenters. The highest BCUT2D eigenvalue weighted by Crippen LogP contribution is 2.32. The van der Waals surface area contributed by atoms with Crippen LogP contribution in [0.5, 0.6) is 5.75 Å². The van der Waals surface area contributed by atoms with Gasteiger partial charge in [-0.3, -0.25) is 19.7 Å². The third-order valence-corrected chi connectivity index (χ3v) is 6.05. The van der Waals surface area contributed by atoms with Crippen LogP contribution in [-0.4, -0.2) is 41.3 Å². The molecule has 0 aliphatic carbocycles. The molecule has 1 unspecified atom stereocenters. The Kier molecular flexibility index (Phi) is 5.01. The number of hydrogen-bond acceptors (Lipinski definition) is 5. The van der Waals surface area contributed by atoms with E-state index in [2.05, 4.69) is 16.0 Å². The molecule has 0 spiro atoms. The lowest BCUT2D eigenvalue weighted by Gasteiger charge is -2.29. The number of nitrogens with one attached hydrogen (secondary N) is 3. The van der Waals surface area contributed by atoms with Crippen molar-refractivity contribution in [3.63, 3.8) is 0 Å². The SMILES string of the molecule is O=C1CCC(N2Cc3cc(NC(=O)N[C@@H]4CCOc5ccccc54)ccc3C2=O)C(=O)N1. The second-order valence-corrected chi connectivity index (χ2v) is 8.10. The van der Waals surface area contributed by atoms with E-state index in [1.165, 1.54) is 4.90 Å². The average Bonchev–Trinajstić information content (AvgIpc) is 3.09. The Morgan fingerprint density at radius 2 is 1.94 bits per heavy atom. The van der Waals surface area contributed by atoms with Crippen LogP contribution in [-0.2, 0) is 16.1 Å². The van der Waals surface area contributed by atoms with Gasteiger partial charge in [-0.2, -0.15) is 0 Å². The number of ether oxygens (including phenoxy) is 1. The number of rotatable bonds is 3. The van der Waals surface area contributed by atoms with Crippen LogP contribution in [0.3, 0.4) is 0 Å². The number of hydrogen-bond donors (Lipinski definition) is 3. The fourth-order valence-corrected chi connectivity index (χ4v) is 4.47. The molecule has 3 heterocycles. The summed E-state index contributed by atoms with van der Waals surface area (Å²) in [6.07, 6.45) is 1.19. The Labute approximate surface area is 184 Å². The van der Waals surface area contributed by atoms with Crippen molar-refractivity contribution >= 4 is 29.4 Å². The van der Waals surface area contributed by atoms with Gasteiger partial charge in [-0.1, -0.05) is 18.2 Å². The normalized spacial score (nSPS) is 21.9. The third-order valence-electron chi connectivity index (χ3n) is 6.05. The molecule has 0 saturated carbocycles. The molecule has 9 heteroatoms. The first-order chi connectivity index (χ1) is 15.5. The zero-order valence-electron chi connectivity index (χ0n) is 17.2. The summed E-state index contributed by atoms with van der Waals surface area (Å²) in [6.45, 7) is 0.782. The Hall–Kier alpha value is -3.88. The first-order valence-corrected chi connectivity index (χ1v) is 10.6. The van der Waals surface area contributed by atoms with Gasteiger partial charge in [0.1, 0.15) is 11.8 Å². The molecule has 3 aliphatic rings. The molecule has 3 aliphatic heterocycles. The monoisotopic (exact) mass is 434 g/mol. The first-order valence-electron chi connectivity index (χ1n) is 10.6. The van der Waals surface area contributed by atoms with E-state index in [0.717, 1.165) is 16.9 Å². The van der Waals surface area contributed by atoms with Crippen molar-refractivity contribution in [1.29, 1.82) is 0 Å². The molecular weight excluding hydrogens is 412 g/mol. The van der Waals surface area contributed by atoms with Gasteiger partial charge in [-0.25, -0.2) is 4.79 Å². The highest BCUT2D eigenvalue weighted by atomic mass is 16.5. The van der Waals surface area contributed by atoms with Crippen molar-refractivity contribution in [2.75, 3.05) is 11.9 Å². The molecule has 0 bridgehead atoms. The summed E-state index contributed by atoms with van der Waals surface area (Å²) in [5.41, 5.74) is 2.72. The average molecular weight is 434 g/mol. The number of carbonyl (C=O) groups excluding carboxylic acids is 4. The maximum atomic E-state index is 12.8. The van der Waals surface area contributed by atoms with Gasteiger partial charge in [0, 0.05) is 36.2 Å². The highest BCUT2D eigenvalue weighted by molar-refractivity contribution is 6.05. The fraction of sp³-hybridized carbons (Fsp3) is 0.304. The number of fused-ring (bicyclic) bond motifs is 2. The minimum atomic E-state index is -0.666. The van der Waals surface area contributed by atoms with E-state index < -0.39 is 11.9 Å². The number of carbonyl (C=O) groups is 4. The second kappa shape index (κ2) is 7.99. The van der Waals surface area contributed by atoms with Crippen molar-refractivity contribution < 1.29 is 23.9 Å². The molecule has 0 aromatic heterocycles. The zero-order valence-corrected chi connectivity index (χ0v) is 17.2. The molecular formula is C23H22N4O5. The third kappa shape index (κ3) is 3.66. The van der Waals surface area contributed by atoms with Crippen LogP contribution in [0.2, 0.25) is 0 Å². The number of para-hydroxylation sites is 1. The molecule has 2 aromatic carbocycles. The van der Waals surface area contributed by atoms with E-state index in [-0.39, 0.29) is 36.9 Å². The summed E-state index contributed by atoms with van der Waals surface area (Å²) in [5, 5.41) is 8.10. The fourth-order valence-electron chi connectivity index (χ4n) is 4.47. The van der Waals surface area contributed by atoms with Gasteiger partial charge in [-0.05, 0) is 36.2 Å². The molecule has 1 saturated heterocycles. The minimum Gasteiger partial charge on any atom is -0.493 e. The topological polar surface area (TPSA) is 117 Å². The van der Waals surface area contributed by atoms with Crippen molar-refractivity contribution in [3.8, 4) is 5.75 Å². The van der Waals surface area contributed by atoms with E-state index in [0.29, 0.717) is 30.7 Å². The summed E-state index contributed by atoms with van der Waals surface area (Å²) in [5.74, 6) is -0.241. The van der Waals surface area contributed by atoms with Gasteiger partial charge in [0.25, 0.3) is 5.91 Å².